The summed E-state index contributed by atoms with van der Waals surface area (Å²) in [6.07, 6.45) is 0. The molecule has 1 aromatic heterocycles. The highest BCUT2D eigenvalue weighted by Gasteiger charge is 2.11. The summed E-state index contributed by atoms with van der Waals surface area (Å²) < 4.78 is 5.01. The van der Waals surface area contributed by atoms with E-state index >= 15 is 0 Å². The van der Waals surface area contributed by atoms with Crippen molar-refractivity contribution in [2.75, 3.05) is 5.43 Å². The first-order chi connectivity index (χ1) is 6.83. The van der Waals surface area contributed by atoms with Gasteiger partial charge in [0.1, 0.15) is 5.69 Å². The van der Waals surface area contributed by atoms with Gasteiger partial charge in [0, 0.05) is 11.1 Å². The van der Waals surface area contributed by atoms with Gasteiger partial charge in [-0.25, -0.2) is 5.84 Å². The van der Waals surface area contributed by atoms with Crippen LogP contribution >= 0.6 is 0 Å². The summed E-state index contributed by atoms with van der Waals surface area (Å²) in [7, 11) is 0. The Hall–Kier alpha value is -1.81. The minimum absolute atomic E-state index is 0.504. The van der Waals surface area contributed by atoms with Crippen LogP contribution in [0.1, 0.15) is 5.56 Å². The minimum Gasteiger partial charge on any atom is -0.337 e. The number of benzene rings is 1. The van der Waals surface area contributed by atoms with E-state index in [0.717, 1.165) is 16.8 Å². The topological polar surface area (TPSA) is 64.1 Å². The summed E-state index contributed by atoms with van der Waals surface area (Å²) in [6, 6.07) is 9.83. The predicted molar refractivity (Wildman–Crippen MR) is 54.5 cm³/mol. The third-order valence-corrected chi connectivity index (χ3v) is 2.10. The van der Waals surface area contributed by atoms with Crippen molar-refractivity contribution in [1.82, 2.24) is 5.16 Å². The number of hydrogen-bond donors (Lipinski definition) is 2. The van der Waals surface area contributed by atoms with Gasteiger partial charge in [-0.1, -0.05) is 35.5 Å². The normalized spacial score (nSPS) is 10.1. The van der Waals surface area contributed by atoms with Crippen LogP contribution in [0.5, 0.6) is 0 Å². The highest BCUT2D eigenvalue weighted by molar-refractivity contribution is 5.66. The maximum absolute atomic E-state index is 5.26. The molecular formula is C10H11N3O. The third-order valence-electron chi connectivity index (χ3n) is 2.10. The first-order valence-corrected chi connectivity index (χ1v) is 4.31. The quantitative estimate of drug-likeness (QED) is 0.559. The molecule has 3 N–H and O–H groups in total. The summed E-state index contributed by atoms with van der Waals surface area (Å²) in [5.74, 6) is 5.76. The second-order valence-electron chi connectivity index (χ2n) is 3.00. The van der Waals surface area contributed by atoms with Crippen molar-refractivity contribution >= 4 is 5.88 Å². The Morgan fingerprint density at radius 3 is 2.57 bits per heavy atom. The fourth-order valence-electron chi connectivity index (χ4n) is 1.34. The van der Waals surface area contributed by atoms with Crippen molar-refractivity contribution < 1.29 is 4.52 Å². The minimum atomic E-state index is 0.504. The van der Waals surface area contributed by atoms with Crippen LogP contribution in [0, 0.1) is 6.92 Å². The Morgan fingerprint density at radius 1 is 1.29 bits per heavy atom. The molecule has 0 aliphatic rings. The molecule has 0 aliphatic heterocycles. The molecule has 0 fully saturated rings. The summed E-state index contributed by atoms with van der Waals surface area (Å²) in [4.78, 5) is 0. The molecule has 72 valence electrons. The van der Waals surface area contributed by atoms with E-state index in [2.05, 4.69) is 10.6 Å². The van der Waals surface area contributed by atoms with Crippen molar-refractivity contribution in [3.05, 3.63) is 35.9 Å². The maximum atomic E-state index is 5.26. The molecule has 0 spiro atoms. The molecule has 4 nitrogen and oxygen atoms in total. The molecule has 4 heteroatoms. The molecular weight excluding hydrogens is 178 g/mol. The SMILES string of the molecule is Cc1c(-c2ccccc2)noc1NN. The number of nitrogens with zero attached hydrogens (tertiary/aromatic N) is 1. The smallest absolute Gasteiger partial charge is 0.242 e. The Bertz CT molecular complexity index is 422. The number of rotatable bonds is 2. The van der Waals surface area contributed by atoms with E-state index in [0.29, 0.717) is 5.88 Å². The number of hydrazine groups is 1. The molecule has 0 bridgehead atoms. The summed E-state index contributed by atoms with van der Waals surface area (Å²) in [6.45, 7) is 1.91. The average Bonchev–Trinajstić information content (AvgIpc) is 2.61. The van der Waals surface area contributed by atoms with Gasteiger partial charge in [-0.05, 0) is 6.92 Å². The van der Waals surface area contributed by atoms with Gasteiger partial charge >= 0.3 is 0 Å². The molecule has 14 heavy (non-hydrogen) atoms. The Kier molecular flexibility index (Phi) is 2.20. The first kappa shape index (κ1) is 8.77. The largest absolute Gasteiger partial charge is 0.337 e. The van der Waals surface area contributed by atoms with Crippen molar-refractivity contribution in [1.29, 1.82) is 0 Å². The van der Waals surface area contributed by atoms with Crippen LogP contribution in [0.25, 0.3) is 11.3 Å². The van der Waals surface area contributed by atoms with Crippen molar-refractivity contribution in [3.8, 4) is 11.3 Å². The molecule has 0 atom stereocenters. The van der Waals surface area contributed by atoms with Crippen LogP contribution in [0.2, 0.25) is 0 Å². The number of nitrogen functional groups attached to an aromatic ring is 1. The number of hydrogen-bond acceptors (Lipinski definition) is 4. The summed E-state index contributed by atoms with van der Waals surface area (Å²) in [5.41, 5.74) is 5.21. The molecule has 0 saturated heterocycles. The van der Waals surface area contributed by atoms with E-state index in [1.54, 1.807) is 0 Å². The third kappa shape index (κ3) is 1.36. The lowest BCUT2D eigenvalue weighted by molar-refractivity contribution is 0.434. The highest BCUT2D eigenvalue weighted by Crippen LogP contribution is 2.26. The molecule has 0 saturated carbocycles. The summed E-state index contributed by atoms with van der Waals surface area (Å²) in [5, 5.41) is 3.94. The van der Waals surface area contributed by atoms with Gasteiger partial charge < -0.3 is 4.52 Å². The van der Waals surface area contributed by atoms with Crippen LogP contribution in [0.4, 0.5) is 5.88 Å². The Morgan fingerprint density at radius 2 is 2.00 bits per heavy atom. The van der Waals surface area contributed by atoms with E-state index in [1.807, 2.05) is 37.3 Å². The van der Waals surface area contributed by atoms with Gasteiger partial charge in [-0.2, -0.15) is 0 Å². The molecule has 0 amide bonds. The van der Waals surface area contributed by atoms with Gasteiger partial charge in [0.25, 0.3) is 0 Å². The van der Waals surface area contributed by atoms with E-state index in [-0.39, 0.29) is 0 Å². The van der Waals surface area contributed by atoms with E-state index in [1.165, 1.54) is 0 Å². The van der Waals surface area contributed by atoms with Crippen LogP contribution < -0.4 is 11.3 Å². The van der Waals surface area contributed by atoms with E-state index in [4.69, 9.17) is 10.4 Å². The van der Waals surface area contributed by atoms with Crippen LogP contribution in [0.3, 0.4) is 0 Å². The molecule has 1 heterocycles. The fraction of sp³-hybridized carbons (Fsp3) is 0.100. The summed E-state index contributed by atoms with van der Waals surface area (Å²) >= 11 is 0. The van der Waals surface area contributed by atoms with Gasteiger partial charge in [-0.3, -0.25) is 5.43 Å². The number of anilines is 1. The number of nitrogens with one attached hydrogen (secondary N) is 1. The van der Waals surface area contributed by atoms with Gasteiger partial charge in [-0.15, -0.1) is 0 Å². The molecule has 0 unspecified atom stereocenters. The van der Waals surface area contributed by atoms with E-state index in [9.17, 15) is 0 Å². The zero-order valence-electron chi connectivity index (χ0n) is 7.82. The van der Waals surface area contributed by atoms with Gasteiger partial charge in [0.15, 0.2) is 0 Å². The van der Waals surface area contributed by atoms with Crippen LogP contribution in [0.15, 0.2) is 34.9 Å². The maximum Gasteiger partial charge on any atom is 0.242 e. The fourth-order valence-corrected chi connectivity index (χ4v) is 1.34. The predicted octanol–water partition coefficient (Wildman–Crippen LogP) is 1.94. The Labute approximate surface area is 81.7 Å². The van der Waals surface area contributed by atoms with Crippen LogP contribution in [-0.4, -0.2) is 5.16 Å². The molecule has 2 rings (SSSR count). The first-order valence-electron chi connectivity index (χ1n) is 4.31. The zero-order valence-corrected chi connectivity index (χ0v) is 7.82. The monoisotopic (exact) mass is 189 g/mol. The lowest BCUT2D eigenvalue weighted by Crippen LogP contribution is -2.06. The average molecular weight is 189 g/mol. The van der Waals surface area contributed by atoms with Crippen LogP contribution in [-0.2, 0) is 0 Å². The van der Waals surface area contributed by atoms with Crippen molar-refractivity contribution in [2.45, 2.75) is 6.92 Å². The van der Waals surface area contributed by atoms with Crippen molar-refractivity contribution in [3.63, 3.8) is 0 Å². The zero-order chi connectivity index (χ0) is 9.97. The molecule has 1 aromatic carbocycles. The van der Waals surface area contributed by atoms with Crippen molar-refractivity contribution in [2.24, 2.45) is 5.84 Å². The second-order valence-corrected chi connectivity index (χ2v) is 3.00. The highest BCUT2D eigenvalue weighted by atomic mass is 16.5. The second kappa shape index (κ2) is 3.51. The van der Waals surface area contributed by atoms with E-state index < -0.39 is 0 Å². The lowest BCUT2D eigenvalue weighted by Gasteiger charge is -1.96. The molecule has 0 radical (unpaired) electrons. The molecule has 2 aromatic rings. The number of nitrogens with two attached hydrogens (primary N) is 1. The lowest BCUT2D eigenvalue weighted by atomic mass is 10.1. The Balaban J connectivity index is 2.48. The standard InChI is InChI=1S/C10H11N3O/c1-7-9(13-14-10(7)12-11)8-5-3-2-4-6-8/h2-6,12H,11H2,1H3. The number of aromatic nitrogens is 1. The van der Waals surface area contributed by atoms with Gasteiger partial charge in [0.2, 0.25) is 5.88 Å². The van der Waals surface area contributed by atoms with Gasteiger partial charge in [0.05, 0.1) is 0 Å². The molecule has 0 aliphatic carbocycles.